The monoisotopic (exact) mass is 303 g/mol. The van der Waals surface area contributed by atoms with Crippen molar-refractivity contribution in [1.82, 2.24) is 4.90 Å². The smallest absolute Gasteiger partial charge is 0.223 e. The summed E-state index contributed by atoms with van der Waals surface area (Å²) in [5.41, 5.74) is 2.77. The summed E-state index contributed by atoms with van der Waals surface area (Å²) in [6, 6.07) is 5.94. The van der Waals surface area contributed by atoms with E-state index in [9.17, 15) is 9.59 Å². The van der Waals surface area contributed by atoms with Crippen LogP contribution in [-0.2, 0) is 9.53 Å². The molecule has 0 saturated carbocycles. The number of carbonyl (C=O) groups is 2. The van der Waals surface area contributed by atoms with Crippen LogP contribution in [0.25, 0.3) is 0 Å². The maximum Gasteiger partial charge on any atom is 0.223 e. The van der Waals surface area contributed by atoms with Crippen LogP contribution in [0.3, 0.4) is 0 Å². The molecule has 2 rings (SSSR count). The maximum absolute atomic E-state index is 12.4. The quantitative estimate of drug-likeness (QED) is 0.804. The molecule has 4 nitrogen and oxygen atoms in total. The molecule has 1 amide bonds. The fourth-order valence-corrected chi connectivity index (χ4v) is 2.79. The lowest BCUT2D eigenvalue weighted by molar-refractivity contribution is -0.143. The first-order valence-electron chi connectivity index (χ1n) is 7.90. The molecular formula is C18H25NO3. The molecule has 1 aliphatic heterocycles. The van der Waals surface area contributed by atoms with Crippen LogP contribution in [-0.4, -0.2) is 41.9 Å². The summed E-state index contributed by atoms with van der Waals surface area (Å²) < 4.78 is 5.53. The Labute approximate surface area is 132 Å². The normalized spacial score (nSPS) is 21.7. The lowest BCUT2D eigenvalue weighted by atomic mass is 9.99. The van der Waals surface area contributed by atoms with Gasteiger partial charge in [0.15, 0.2) is 5.78 Å². The van der Waals surface area contributed by atoms with E-state index >= 15 is 0 Å². The van der Waals surface area contributed by atoms with Gasteiger partial charge < -0.3 is 9.64 Å². The van der Waals surface area contributed by atoms with Crippen molar-refractivity contribution in [2.75, 3.05) is 13.2 Å². The summed E-state index contributed by atoms with van der Waals surface area (Å²) >= 11 is 0. The van der Waals surface area contributed by atoms with Gasteiger partial charge in [0.1, 0.15) is 0 Å². The summed E-state index contributed by atoms with van der Waals surface area (Å²) in [5.74, 6) is 0.0878. The molecule has 22 heavy (non-hydrogen) atoms. The molecule has 4 heteroatoms. The Morgan fingerprint density at radius 3 is 2.68 bits per heavy atom. The number of hydrogen-bond donors (Lipinski definition) is 0. The number of nitrogens with zero attached hydrogens (tertiary/aromatic N) is 1. The second kappa shape index (κ2) is 7.05. The summed E-state index contributed by atoms with van der Waals surface area (Å²) in [6.07, 6.45) is 0.597. The number of benzene rings is 1. The number of ether oxygens (including phenoxy) is 1. The molecule has 120 valence electrons. The molecule has 0 bridgehead atoms. The molecule has 0 radical (unpaired) electrons. The molecule has 0 N–H and O–H groups in total. The van der Waals surface area contributed by atoms with E-state index in [0.29, 0.717) is 13.2 Å². The first-order valence-corrected chi connectivity index (χ1v) is 7.90. The zero-order valence-electron chi connectivity index (χ0n) is 13.9. The van der Waals surface area contributed by atoms with Crippen LogP contribution in [0.15, 0.2) is 18.2 Å². The van der Waals surface area contributed by atoms with E-state index in [1.54, 1.807) is 0 Å². The molecule has 2 unspecified atom stereocenters. The third-order valence-electron chi connectivity index (χ3n) is 4.19. The van der Waals surface area contributed by atoms with Crippen molar-refractivity contribution >= 4 is 11.7 Å². The van der Waals surface area contributed by atoms with Crippen LogP contribution in [0.1, 0.15) is 48.2 Å². The zero-order valence-corrected chi connectivity index (χ0v) is 13.9. The van der Waals surface area contributed by atoms with Gasteiger partial charge in [-0.3, -0.25) is 9.59 Å². The Hall–Kier alpha value is -1.68. The topological polar surface area (TPSA) is 46.6 Å². The van der Waals surface area contributed by atoms with E-state index in [-0.39, 0.29) is 36.7 Å². The van der Waals surface area contributed by atoms with Gasteiger partial charge in [0.25, 0.3) is 0 Å². The average molecular weight is 303 g/mol. The van der Waals surface area contributed by atoms with Gasteiger partial charge in [-0.1, -0.05) is 17.7 Å². The number of morpholine rings is 1. The van der Waals surface area contributed by atoms with Gasteiger partial charge in [-0.05, 0) is 39.3 Å². The Morgan fingerprint density at radius 2 is 1.95 bits per heavy atom. The molecule has 0 aromatic heterocycles. The zero-order chi connectivity index (χ0) is 16.3. The molecule has 1 heterocycles. The fourth-order valence-electron chi connectivity index (χ4n) is 2.79. The summed E-state index contributed by atoms with van der Waals surface area (Å²) in [7, 11) is 0. The SMILES string of the molecule is Cc1ccc(C)c(C(=O)CCC(=O)N2CC(C)OCC2C)c1. The van der Waals surface area contributed by atoms with Crippen molar-refractivity contribution in [2.45, 2.75) is 52.7 Å². The number of Topliss-reactive ketones (excluding diaryl/α,β-unsaturated/α-hetero) is 1. The van der Waals surface area contributed by atoms with Crippen LogP contribution >= 0.6 is 0 Å². The second-order valence-electron chi connectivity index (χ2n) is 6.28. The molecule has 1 saturated heterocycles. The highest BCUT2D eigenvalue weighted by Crippen LogP contribution is 2.17. The molecule has 1 fully saturated rings. The Bertz CT molecular complexity index is 567. The van der Waals surface area contributed by atoms with Gasteiger partial charge >= 0.3 is 0 Å². The van der Waals surface area contributed by atoms with Crippen LogP contribution < -0.4 is 0 Å². The van der Waals surface area contributed by atoms with Crippen molar-refractivity contribution in [3.05, 3.63) is 34.9 Å². The minimum Gasteiger partial charge on any atom is -0.375 e. The highest BCUT2D eigenvalue weighted by molar-refractivity contribution is 5.99. The van der Waals surface area contributed by atoms with Crippen LogP contribution in [0, 0.1) is 13.8 Å². The largest absolute Gasteiger partial charge is 0.375 e. The van der Waals surface area contributed by atoms with Crippen molar-refractivity contribution in [3.63, 3.8) is 0 Å². The number of ketones is 1. The first kappa shape index (κ1) is 16.7. The van der Waals surface area contributed by atoms with Gasteiger partial charge in [-0.2, -0.15) is 0 Å². The highest BCUT2D eigenvalue weighted by atomic mass is 16.5. The number of carbonyl (C=O) groups excluding carboxylic acids is 2. The molecular weight excluding hydrogens is 278 g/mol. The van der Waals surface area contributed by atoms with Gasteiger partial charge in [0, 0.05) is 24.9 Å². The lowest BCUT2D eigenvalue weighted by Gasteiger charge is -2.36. The highest BCUT2D eigenvalue weighted by Gasteiger charge is 2.27. The number of rotatable bonds is 4. The summed E-state index contributed by atoms with van der Waals surface area (Å²) in [5, 5.41) is 0. The van der Waals surface area contributed by atoms with E-state index < -0.39 is 0 Å². The predicted octanol–water partition coefficient (Wildman–Crippen LogP) is 2.90. The van der Waals surface area contributed by atoms with E-state index in [4.69, 9.17) is 4.74 Å². The van der Waals surface area contributed by atoms with E-state index in [1.807, 2.05) is 50.8 Å². The van der Waals surface area contributed by atoms with E-state index in [1.165, 1.54) is 0 Å². The number of amides is 1. The third kappa shape index (κ3) is 3.95. The van der Waals surface area contributed by atoms with Crippen LogP contribution in [0.4, 0.5) is 0 Å². The Morgan fingerprint density at radius 1 is 1.23 bits per heavy atom. The van der Waals surface area contributed by atoms with E-state index in [2.05, 4.69) is 0 Å². The van der Waals surface area contributed by atoms with Crippen molar-refractivity contribution in [1.29, 1.82) is 0 Å². The predicted molar refractivity (Wildman–Crippen MR) is 86.1 cm³/mol. The van der Waals surface area contributed by atoms with Crippen molar-refractivity contribution in [3.8, 4) is 0 Å². The first-order chi connectivity index (χ1) is 10.4. The minimum atomic E-state index is 0.0429. The Balaban J connectivity index is 1.95. The second-order valence-corrected chi connectivity index (χ2v) is 6.28. The standard InChI is InChI=1S/C18H25NO3/c1-12-5-6-13(2)16(9-12)17(20)7-8-18(21)19-10-15(4)22-11-14(19)3/h5-6,9,14-15H,7-8,10-11H2,1-4H3. The Kier molecular flexibility index (Phi) is 5.35. The van der Waals surface area contributed by atoms with Gasteiger partial charge in [0.05, 0.1) is 18.8 Å². The molecule has 1 aromatic carbocycles. The molecule has 1 aliphatic rings. The fraction of sp³-hybridized carbons (Fsp3) is 0.556. The molecule has 1 aromatic rings. The van der Waals surface area contributed by atoms with Crippen molar-refractivity contribution < 1.29 is 14.3 Å². The van der Waals surface area contributed by atoms with Crippen molar-refractivity contribution in [2.24, 2.45) is 0 Å². The third-order valence-corrected chi connectivity index (χ3v) is 4.19. The van der Waals surface area contributed by atoms with Crippen LogP contribution in [0.5, 0.6) is 0 Å². The molecule has 0 spiro atoms. The lowest BCUT2D eigenvalue weighted by Crippen LogP contribution is -2.50. The van der Waals surface area contributed by atoms with Gasteiger partial charge in [0.2, 0.25) is 5.91 Å². The van der Waals surface area contributed by atoms with E-state index in [0.717, 1.165) is 16.7 Å². The minimum absolute atomic E-state index is 0.0429. The number of hydrogen-bond acceptors (Lipinski definition) is 3. The summed E-state index contributed by atoms with van der Waals surface area (Å²) in [4.78, 5) is 26.6. The van der Waals surface area contributed by atoms with Crippen LogP contribution in [0.2, 0.25) is 0 Å². The summed E-state index contributed by atoms with van der Waals surface area (Å²) in [6.45, 7) is 9.03. The maximum atomic E-state index is 12.4. The van der Waals surface area contributed by atoms with Gasteiger partial charge in [-0.15, -0.1) is 0 Å². The van der Waals surface area contributed by atoms with Gasteiger partial charge in [-0.25, -0.2) is 0 Å². The average Bonchev–Trinajstić information content (AvgIpc) is 2.49. The molecule has 2 atom stereocenters. The molecule has 0 aliphatic carbocycles. The number of aryl methyl sites for hydroxylation is 2.